The van der Waals surface area contributed by atoms with Crippen LogP contribution in [-0.2, 0) is 13.0 Å². The summed E-state index contributed by atoms with van der Waals surface area (Å²) in [5, 5.41) is 5.64. The van der Waals surface area contributed by atoms with Crippen molar-refractivity contribution in [3.05, 3.63) is 44.3 Å². The van der Waals surface area contributed by atoms with Crippen LogP contribution in [-0.4, -0.2) is 4.98 Å². The van der Waals surface area contributed by atoms with Gasteiger partial charge in [0.1, 0.15) is 17.3 Å². The molecule has 2 nitrogen and oxygen atoms in total. The van der Waals surface area contributed by atoms with E-state index >= 15 is 0 Å². The molecule has 0 bridgehead atoms. The van der Waals surface area contributed by atoms with E-state index in [1.165, 1.54) is 12.1 Å². The molecular formula is C12H11BrF2N2S. The van der Waals surface area contributed by atoms with Gasteiger partial charge in [-0.15, -0.1) is 11.3 Å². The van der Waals surface area contributed by atoms with Crippen LogP contribution in [0.5, 0.6) is 0 Å². The predicted octanol–water partition coefficient (Wildman–Crippen LogP) is 4.36. The number of halogens is 3. The van der Waals surface area contributed by atoms with Gasteiger partial charge in [0.05, 0.1) is 17.2 Å². The number of hydrogen-bond acceptors (Lipinski definition) is 3. The summed E-state index contributed by atoms with van der Waals surface area (Å²) in [4.78, 5) is 4.32. The summed E-state index contributed by atoms with van der Waals surface area (Å²) in [6.07, 6.45) is 0.867. The Morgan fingerprint density at radius 1 is 1.33 bits per heavy atom. The quantitative estimate of drug-likeness (QED) is 0.899. The highest BCUT2D eigenvalue weighted by Crippen LogP contribution is 2.24. The minimum absolute atomic E-state index is 0.121. The van der Waals surface area contributed by atoms with Crippen molar-refractivity contribution in [3.8, 4) is 0 Å². The van der Waals surface area contributed by atoms with Gasteiger partial charge >= 0.3 is 0 Å². The van der Waals surface area contributed by atoms with E-state index in [2.05, 4.69) is 26.2 Å². The molecule has 0 fully saturated rings. The number of thiazole rings is 1. The van der Waals surface area contributed by atoms with E-state index in [-0.39, 0.29) is 5.69 Å². The lowest BCUT2D eigenvalue weighted by atomic mass is 10.3. The van der Waals surface area contributed by atoms with Crippen molar-refractivity contribution in [3.63, 3.8) is 0 Å². The van der Waals surface area contributed by atoms with Gasteiger partial charge in [-0.1, -0.05) is 22.9 Å². The largest absolute Gasteiger partial charge is 0.375 e. The summed E-state index contributed by atoms with van der Waals surface area (Å²) in [6, 6.07) is 2.45. The fraction of sp³-hybridized carbons (Fsp3) is 0.250. The average molecular weight is 333 g/mol. The average Bonchev–Trinajstić information content (AvgIpc) is 2.75. The maximum absolute atomic E-state index is 13.5. The molecule has 1 N–H and O–H groups in total. The van der Waals surface area contributed by atoms with E-state index in [1.54, 1.807) is 11.3 Å². The summed E-state index contributed by atoms with van der Waals surface area (Å²) < 4.78 is 27.4. The molecule has 96 valence electrons. The fourth-order valence-corrected chi connectivity index (χ4v) is 2.63. The molecule has 0 atom stereocenters. The van der Waals surface area contributed by atoms with Gasteiger partial charge in [0, 0.05) is 9.85 Å². The molecule has 1 aromatic carbocycles. The normalized spacial score (nSPS) is 10.7. The molecule has 0 radical (unpaired) electrons. The molecule has 0 aliphatic carbocycles. The van der Waals surface area contributed by atoms with Crippen molar-refractivity contribution in [2.24, 2.45) is 0 Å². The van der Waals surface area contributed by atoms with Crippen LogP contribution in [0.15, 0.2) is 22.0 Å². The number of nitrogens with zero attached hydrogens (tertiary/aromatic N) is 1. The smallest absolute Gasteiger partial charge is 0.150 e. The van der Waals surface area contributed by atoms with Crippen LogP contribution in [0.3, 0.4) is 0 Å². The first-order valence-corrected chi connectivity index (χ1v) is 7.09. The van der Waals surface area contributed by atoms with Gasteiger partial charge in [0.25, 0.3) is 0 Å². The van der Waals surface area contributed by atoms with Crippen molar-refractivity contribution in [2.45, 2.75) is 19.9 Å². The first-order chi connectivity index (χ1) is 8.60. The van der Waals surface area contributed by atoms with E-state index in [1.807, 2.05) is 12.3 Å². The Kier molecular flexibility index (Phi) is 4.29. The van der Waals surface area contributed by atoms with Crippen LogP contribution in [0.4, 0.5) is 14.5 Å². The van der Waals surface area contributed by atoms with Gasteiger partial charge in [-0.25, -0.2) is 13.8 Å². The zero-order chi connectivity index (χ0) is 13.1. The minimum Gasteiger partial charge on any atom is -0.375 e. The first kappa shape index (κ1) is 13.4. The molecule has 6 heteroatoms. The zero-order valence-corrected chi connectivity index (χ0v) is 12.0. The Hall–Kier alpha value is -1.01. The number of benzene rings is 1. The Morgan fingerprint density at radius 3 is 2.56 bits per heavy atom. The monoisotopic (exact) mass is 332 g/mol. The second kappa shape index (κ2) is 5.75. The molecule has 0 unspecified atom stereocenters. The van der Waals surface area contributed by atoms with E-state index in [4.69, 9.17) is 0 Å². The molecule has 18 heavy (non-hydrogen) atoms. The van der Waals surface area contributed by atoms with Gasteiger partial charge in [0.2, 0.25) is 0 Å². The highest BCUT2D eigenvalue weighted by molar-refractivity contribution is 9.10. The van der Waals surface area contributed by atoms with Crippen LogP contribution in [0.2, 0.25) is 0 Å². The Bertz CT molecular complexity index is 534. The van der Waals surface area contributed by atoms with Crippen molar-refractivity contribution in [2.75, 3.05) is 5.32 Å². The van der Waals surface area contributed by atoms with Gasteiger partial charge < -0.3 is 5.32 Å². The number of anilines is 1. The van der Waals surface area contributed by atoms with Gasteiger partial charge in [-0.05, 0) is 18.6 Å². The predicted molar refractivity (Wildman–Crippen MR) is 72.9 cm³/mol. The van der Waals surface area contributed by atoms with Crippen LogP contribution >= 0.6 is 27.3 Å². The van der Waals surface area contributed by atoms with E-state index in [0.29, 0.717) is 11.0 Å². The topological polar surface area (TPSA) is 24.9 Å². The molecule has 0 aliphatic rings. The Balaban J connectivity index is 2.10. The standard InChI is InChI=1S/C12H11BrF2N2S/c1-2-11-17-8(6-18-11)5-16-12-9(14)3-7(13)4-10(12)15/h3-4,6,16H,2,5H2,1H3. The molecular weight excluding hydrogens is 322 g/mol. The lowest BCUT2D eigenvalue weighted by Crippen LogP contribution is -2.04. The molecule has 2 rings (SSSR count). The van der Waals surface area contributed by atoms with E-state index < -0.39 is 11.6 Å². The summed E-state index contributed by atoms with van der Waals surface area (Å²) in [6.45, 7) is 2.33. The maximum Gasteiger partial charge on any atom is 0.150 e. The molecule has 0 aliphatic heterocycles. The second-order valence-electron chi connectivity index (χ2n) is 3.68. The summed E-state index contributed by atoms with van der Waals surface area (Å²) in [5.41, 5.74) is 0.669. The SMILES string of the molecule is CCc1nc(CNc2c(F)cc(Br)cc2F)cs1. The Morgan fingerprint density at radius 2 is 2.00 bits per heavy atom. The second-order valence-corrected chi connectivity index (χ2v) is 5.54. The summed E-state index contributed by atoms with van der Waals surface area (Å²) in [7, 11) is 0. The third kappa shape index (κ3) is 3.05. The van der Waals surface area contributed by atoms with Crippen molar-refractivity contribution in [1.82, 2.24) is 4.98 Å². The number of hydrogen-bond donors (Lipinski definition) is 1. The van der Waals surface area contributed by atoms with Gasteiger partial charge in [0.15, 0.2) is 0 Å². The molecule has 1 aromatic heterocycles. The van der Waals surface area contributed by atoms with Crippen LogP contribution in [0, 0.1) is 11.6 Å². The number of aromatic nitrogens is 1. The fourth-order valence-electron chi connectivity index (χ4n) is 1.48. The molecule has 1 heterocycles. The van der Waals surface area contributed by atoms with Crippen LogP contribution < -0.4 is 5.32 Å². The van der Waals surface area contributed by atoms with Crippen molar-refractivity contribution >= 4 is 33.0 Å². The van der Waals surface area contributed by atoms with Crippen molar-refractivity contribution in [1.29, 1.82) is 0 Å². The van der Waals surface area contributed by atoms with E-state index in [9.17, 15) is 8.78 Å². The van der Waals surface area contributed by atoms with Crippen LogP contribution in [0.1, 0.15) is 17.6 Å². The molecule has 0 amide bonds. The Labute approximate surface area is 116 Å². The molecule has 0 saturated carbocycles. The van der Waals surface area contributed by atoms with Gasteiger partial charge in [-0.3, -0.25) is 0 Å². The molecule has 0 spiro atoms. The summed E-state index contributed by atoms with van der Waals surface area (Å²) >= 11 is 4.59. The third-order valence-electron chi connectivity index (χ3n) is 2.35. The minimum atomic E-state index is -0.618. The van der Waals surface area contributed by atoms with E-state index in [0.717, 1.165) is 17.1 Å². The number of aryl methyl sites for hydroxylation is 1. The lowest BCUT2D eigenvalue weighted by molar-refractivity contribution is 0.586. The highest BCUT2D eigenvalue weighted by Gasteiger charge is 2.10. The maximum atomic E-state index is 13.5. The first-order valence-electron chi connectivity index (χ1n) is 5.42. The zero-order valence-electron chi connectivity index (χ0n) is 9.64. The molecule has 0 saturated heterocycles. The number of nitrogens with one attached hydrogen (secondary N) is 1. The van der Waals surface area contributed by atoms with Crippen molar-refractivity contribution < 1.29 is 8.78 Å². The number of rotatable bonds is 4. The van der Waals surface area contributed by atoms with Crippen LogP contribution in [0.25, 0.3) is 0 Å². The summed E-state index contributed by atoms with van der Waals surface area (Å²) in [5.74, 6) is -1.24. The lowest BCUT2D eigenvalue weighted by Gasteiger charge is -2.07. The van der Waals surface area contributed by atoms with Gasteiger partial charge in [-0.2, -0.15) is 0 Å². The highest BCUT2D eigenvalue weighted by atomic mass is 79.9. The molecule has 2 aromatic rings. The third-order valence-corrected chi connectivity index (χ3v) is 3.85.